The van der Waals surface area contributed by atoms with E-state index in [9.17, 15) is 14.4 Å². The minimum absolute atomic E-state index is 0.0301. The van der Waals surface area contributed by atoms with Gasteiger partial charge in [-0.1, -0.05) is 13.8 Å². The number of likely N-dealkylation sites (tertiary alicyclic amines) is 1. The summed E-state index contributed by atoms with van der Waals surface area (Å²) in [5, 5.41) is 0. The van der Waals surface area contributed by atoms with Crippen molar-refractivity contribution in [2.24, 2.45) is 23.5 Å². The number of hydrogen-bond acceptors (Lipinski definition) is 5. The molecule has 0 bridgehead atoms. The molecule has 0 saturated carbocycles. The van der Waals surface area contributed by atoms with Crippen LogP contribution in [0, 0.1) is 17.8 Å². The van der Waals surface area contributed by atoms with Crippen LogP contribution in [-0.2, 0) is 20.8 Å². The van der Waals surface area contributed by atoms with E-state index in [-0.39, 0.29) is 35.7 Å². The highest BCUT2D eigenvalue weighted by atomic mass is 16.2. The van der Waals surface area contributed by atoms with Gasteiger partial charge in [-0.25, -0.2) is 4.98 Å². The summed E-state index contributed by atoms with van der Waals surface area (Å²) in [6.45, 7) is 6.45. The smallest absolute Gasteiger partial charge is 0.226 e. The molecule has 1 aliphatic heterocycles. The number of aromatic amines is 1. The molecule has 1 saturated heterocycles. The number of aromatic nitrogens is 2. The Morgan fingerprint density at radius 2 is 2.12 bits per heavy atom. The van der Waals surface area contributed by atoms with Gasteiger partial charge in [-0.2, -0.15) is 0 Å². The van der Waals surface area contributed by atoms with Gasteiger partial charge in [0.1, 0.15) is 5.78 Å². The van der Waals surface area contributed by atoms with E-state index >= 15 is 0 Å². The van der Waals surface area contributed by atoms with Gasteiger partial charge in [0.2, 0.25) is 5.91 Å². The van der Waals surface area contributed by atoms with Gasteiger partial charge >= 0.3 is 0 Å². The molecule has 2 heterocycles. The number of carbonyl (C=O) groups excluding carboxylic acids is 3. The zero-order chi connectivity index (χ0) is 19.3. The average Bonchev–Trinajstić information content (AvgIpc) is 3.12. The van der Waals surface area contributed by atoms with Crippen LogP contribution in [0.2, 0.25) is 0 Å². The second kappa shape index (κ2) is 9.07. The maximum Gasteiger partial charge on any atom is 0.226 e. The molecule has 1 aromatic heterocycles. The van der Waals surface area contributed by atoms with E-state index in [4.69, 9.17) is 5.73 Å². The van der Waals surface area contributed by atoms with Crippen LogP contribution in [0.25, 0.3) is 0 Å². The van der Waals surface area contributed by atoms with Crippen LogP contribution < -0.4 is 5.73 Å². The normalized spacial score (nSPS) is 20.0. The van der Waals surface area contributed by atoms with Gasteiger partial charge in [-0.3, -0.25) is 14.4 Å². The molecule has 3 N–H and O–H groups in total. The summed E-state index contributed by atoms with van der Waals surface area (Å²) in [4.78, 5) is 46.1. The molecule has 2 rings (SSSR count). The van der Waals surface area contributed by atoms with E-state index < -0.39 is 12.0 Å². The SMILES string of the molecule is CC(=O)[C@@H]1CCCN(C(=O)[C@H](CC(=O)C(N)C(C)C)Cc2cnc[nH]2)C1. The fraction of sp³-hybridized carbons (Fsp3) is 0.684. The molecule has 7 heteroatoms. The zero-order valence-corrected chi connectivity index (χ0v) is 15.9. The molecule has 26 heavy (non-hydrogen) atoms. The first-order valence-electron chi connectivity index (χ1n) is 9.34. The summed E-state index contributed by atoms with van der Waals surface area (Å²) < 4.78 is 0. The van der Waals surface area contributed by atoms with Crippen LogP contribution in [0.1, 0.15) is 45.7 Å². The van der Waals surface area contributed by atoms with Gasteiger partial charge in [0, 0.05) is 43.7 Å². The van der Waals surface area contributed by atoms with Gasteiger partial charge in [0.25, 0.3) is 0 Å². The van der Waals surface area contributed by atoms with Gasteiger partial charge < -0.3 is 15.6 Å². The molecular formula is C19H30N4O3. The van der Waals surface area contributed by atoms with E-state index in [1.807, 2.05) is 13.8 Å². The number of piperidine rings is 1. The Balaban J connectivity index is 2.12. The molecular weight excluding hydrogens is 332 g/mol. The number of hydrogen-bond donors (Lipinski definition) is 2. The van der Waals surface area contributed by atoms with Gasteiger partial charge in [-0.05, 0) is 25.7 Å². The third kappa shape index (κ3) is 5.24. The molecule has 0 radical (unpaired) electrons. The number of rotatable bonds is 8. The van der Waals surface area contributed by atoms with Crippen LogP contribution in [0.5, 0.6) is 0 Å². The van der Waals surface area contributed by atoms with Crippen LogP contribution in [0.3, 0.4) is 0 Å². The maximum atomic E-state index is 13.1. The number of nitrogens with zero attached hydrogens (tertiary/aromatic N) is 2. The second-order valence-corrected chi connectivity index (χ2v) is 7.65. The van der Waals surface area contributed by atoms with Gasteiger partial charge in [-0.15, -0.1) is 0 Å². The van der Waals surface area contributed by atoms with Crippen LogP contribution in [0.4, 0.5) is 0 Å². The Kier molecular flexibility index (Phi) is 7.08. The molecule has 1 amide bonds. The van der Waals surface area contributed by atoms with E-state index in [1.165, 1.54) is 0 Å². The number of ketones is 2. The third-order valence-electron chi connectivity index (χ3n) is 5.22. The van der Waals surface area contributed by atoms with Gasteiger partial charge in [0.15, 0.2) is 5.78 Å². The largest absolute Gasteiger partial charge is 0.348 e. The first-order chi connectivity index (χ1) is 12.3. The second-order valence-electron chi connectivity index (χ2n) is 7.65. The Bertz CT molecular complexity index is 627. The van der Waals surface area contributed by atoms with Crippen molar-refractivity contribution in [2.45, 2.75) is 52.5 Å². The van der Waals surface area contributed by atoms with Crippen LogP contribution >= 0.6 is 0 Å². The quantitative estimate of drug-likeness (QED) is 0.725. The number of H-pyrrole nitrogens is 1. The van der Waals surface area contributed by atoms with Crippen molar-refractivity contribution in [1.29, 1.82) is 0 Å². The predicted octanol–water partition coefficient (Wildman–Crippen LogP) is 1.34. The van der Waals surface area contributed by atoms with Crippen molar-refractivity contribution >= 4 is 17.5 Å². The van der Waals surface area contributed by atoms with Gasteiger partial charge in [0.05, 0.1) is 18.3 Å². The zero-order valence-electron chi connectivity index (χ0n) is 15.9. The maximum absolute atomic E-state index is 13.1. The van der Waals surface area contributed by atoms with E-state index in [1.54, 1.807) is 24.3 Å². The van der Waals surface area contributed by atoms with Crippen LogP contribution in [0.15, 0.2) is 12.5 Å². The van der Waals surface area contributed by atoms with E-state index in [0.717, 1.165) is 18.5 Å². The average molecular weight is 362 g/mol. The van der Waals surface area contributed by atoms with Crippen molar-refractivity contribution in [3.63, 3.8) is 0 Å². The Morgan fingerprint density at radius 3 is 2.69 bits per heavy atom. The summed E-state index contributed by atoms with van der Waals surface area (Å²) in [7, 11) is 0. The van der Waals surface area contributed by atoms with E-state index in [2.05, 4.69) is 9.97 Å². The minimum Gasteiger partial charge on any atom is -0.348 e. The molecule has 1 unspecified atom stereocenters. The highest BCUT2D eigenvalue weighted by Gasteiger charge is 2.33. The lowest BCUT2D eigenvalue weighted by Crippen LogP contribution is -2.46. The number of Topliss-reactive ketones (excluding diaryl/α,β-unsaturated/α-hetero) is 2. The summed E-state index contributed by atoms with van der Waals surface area (Å²) >= 11 is 0. The van der Waals surface area contributed by atoms with Crippen molar-refractivity contribution < 1.29 is 14.4 Å². The number of nitrogens with two attached hydrogens (primary N) is 1. The molecule has 0 spiro atoms. The fourth-order valence-electron chi connectivity index (χ4n) is 3.43. The lowest BCUT2D eigenvalue weighted by Gasteiger charge is -2.34. The summed E-state index contributed by atoms with van der Waals surface area (Å²) in [6, 6.07) is -0.571. The molecule has 7 nitrogen and oxygen atoms in total. The third-order valence-corrected chi connectivity index (χ3v) is 5.22. The van der Waals surface area contributed by atoms with Crippen molar-refractivity contribution in [1.82, 2.24) is 14.9 Å². The topological polar surface area (TPSA) is 109 Å². The number of carbonyl (C=O) groups is 3. The Morgan fingerprint density at radius 1 is 1.38 bits per heavy atom. The molecule has 1 aromatic rings. The fourth-order valence-corrected chi connectivity index (χ4v) is 3.43. The van der Waals surface area contributed by atoms with Crippen molar-refractivity contribution in [2.75, 3.05) is 13.1 Å². The lowest BCUT2D eigenvalue weighted by molar-refractivity contribution is -0.141. The van der Waals surface area contributed by atoms with Crippen molar-refractivity contribution in [3.8, 4) is 0 Å². The van der Waals surface area contributed by atoms with Crippen LogP contribution in [-0.4, -0.2) is 51.5 Å². The monoisotopic (exact) mass is 362 g/mol. The first-order valence-corrected chi connectivity index (χ1v) is 9.34. The van der Waals surface area contributed by atoms with Crippen molar-refractivity contribution in [3.05, 3.63) is 18.2 Å². The standard InChI is InChI=1S/C19H30N4O3/c1-12(2)18(20)17(25)8-15(7-16-9-21-11-22-16)19(26)23-6-4-5-14(10-23)13(3)24/h9,11-12,14-15,18H,4-8,10,20H2,1-3H3,(H,21,22)/t14-,15+,18?/m1/s1. The van der Waals surface area contributed by atoms with E-state index in [0.29, 0.717) is 19.5 Å². The molecule has 144 valence electrons. The summed E-state index contributed by atoms with van der Waals surface area (Å²) in [5.74, 6) is -0.617. The lowest BCUT2D eigenvalue weighted by atomic mass is 9.88. The highest BCUT2D eigenvalue weighted by molar-refractivity contribution is 5.90. The molecule has 0 aromatic carbocycles. The first kappa shape index (κ1) is 20.3. The Labute approximate surface area is 154 Å². The summed E-state index contributed by atoms with van der Waals surface area (Å²) in [5.41, 5.74) is 6.80. The molecule has 1 fully saturated rings. The Hall–Kier alpha value is -2.02. The minimum atomic E-state index is -0.571. The number of nitrogens with one attached hydrogen (secondary N) is 1. The highest BCUT2D eigenvalue weighted by Crippen LogP contribution is 2.22. The number of amides is 1. The summed E-state index contributed by atoms with van der Waals surface area (Å²) in [6.07, 6.45) is 5.38. The molecule has 1 aliphatic rings. The number of imidazole rings is 1. The molecule has 3 atom stereocenters. The molecule has 0 aliphatic carbocycles. The predicted molar refractivity (Wildman–Crippen MR) is 98.2 cm³/mol.